The Labute approximate surface area is 187 Å². The van der Waals surface area contributed by atoms with Crippen LogP contribution in [0.15, 0.2) is 88.4 Å². The van der Waals surface area contributed by atoms with Gasteiger partial charge in [-0.1, -0.05) is 30.3 Å². The molecule has 31 heavy (non-hydrogen) atoms. The van der Waals surface area contributed by atoms with Crippen molar-refractivity contribution in [3.63, 3.8) is 0 Å². The molecule has 1 heterocycles. The summed E-state index contributed by atoms with van der Waals surface area (Å²) in [6.07, 6.45) is 3.73. The predicted octanol–water partition coefficient (Wildman–Crippen LogP) is 3.29. The van der Waals surface area contributed by atoms with Crippen molar-refractivity contribution in [1.82, 2.24) is 4.98 Å². The SMILES string of the molecule is NS(=O)(=O)c1ccccc1-c1ccc(NC(=O)/C=C\C(=O)Nc2ccc(Br)cn2)cc1. The fraction of sp³-hybridized carbons (Fsp3) is 0. The van der Waals surface area contributed by atoms with Gasteiger partial charge in [0.15, 0.2) is 0 Å². The summed E-state index contributed by atoms with van der Waals surface area (Å²) in [6.45, 7) is 0. The van der Waals surface area contributed by atoms with Gasteiger partial charge in [-0.3, -0.25) is 9.59 Å². The lowest BCUT2D eigenvalue weighted by Gasteiger charge is -2.09. The summed E-state index contributed by atoms with van der Waals surface area (Å²) in [5, 5.41) is 10.4. The van der Waals surface area contributed by atoms with E-state index in [2.05, 4.69) is 31.5 Å². The minimum atomic E-state index is -3.87. The van der Waals surface area contributed by atoms with E-state index in [0.29, 0.717) is 22.6 Å². The number of carbonyl (C=O) groups excluding carboxylic acids is 2. The molecule has 1 aromatic heterocycles. The van der Waals surface area contributed by atoms with Crippen LogP contribution in [0.1, 0.15) is 0 Å². The molecule has 10 heteroatoms. The maximum absolute atomic E-state index is 12.1. The second kappa shape index (κ2) is 9.65. The number of hydrogen-bond acceptors (Lipinski definition) is 5. The van der Waals surface area contributed by atoms with Crippen LogP contribution in [0.25, 0.3) is 11.1 Å². The number of aromatic nitrogens is 1. The second-order valence-corrected chi connectivity index (χ2v) is 8.74. The van der Waals surface area contributed by atoms with Crippen molar-refractivity contribution in [1.29, 1.82) is 0 Å². The highest BCUT2D eigenvalue weighted by Gasteiger charge is 2.14. The van der Waals surface area contributed by atoms with Gasteiger partial charge in [0.1, 0.15) is 5.82 Å². The molecular weight excluding hydrogens is 484 g/mol. The van der Waals surface area contributed by atoms with Gasteiger partial charge in [0, 0.05) is 34.1 Å². The van der Waals surface area contributed by atoms with Crippen molar-refractivity contribution in [2.75, 3.05) is 10.6 Å². The van der Waals surface area contributed by atoms with E-state index in [1.807, 2.05) is 0 Å². The Morgan fingerprint density at radius 1 is 0.903 bits per heavy atom. The summed E-state index contributed by atoms with van der Waals surface area (Å²) in [5.74, 6) is -0.648. The van der Waals surface area contributed by atoms with Gasteiger partial charge in [0.2, 0.25) is 21.8 Å². The van der Waals surface area contributed by atoms with Crippen LogP contribution in [0.2, 0.25) is 0 Å². The van der Waals surface area contributed by atoms with Gasteiger partial charge in [0.05, 0.1) is 4.90 Å². The third-order valence-corrected chi connectivity index (χ3v) is 5.46. The average Bonchev–Trinajstić information content (AvgIpc) is 2.74. The minimum absolute atomic E-state index is 0.0148. The Morgan fingerprint density at radius 3 is 2.16 bits per heavy atom. The zero-order valence-corrected chi connectivity index (χ0v) is 18.4. The van der Waals surface area contributed by atoms with Crippen LogP contribution in [-0.2, 0) is 19.6 Å². The van der Waals surface area contributed by atoms with Crippen LogP contribution >= 0.6 is 15.9 Å². The molecule has 0 atom stereocenters. The number of benzene rings is 2. The summed E-state index contributed by atoms with van der Waals surface area (Å²) in [4.78, 5) is 28.0. The van der Waals surface area contributed by atoms with Crippen LogP contribution in [0.5, 0.6) is 0 Å². The standard InChI is InChI=1S/C21H17BrN4O4S/c22-15-7-10-19(24-13-15)26-21(28)12-11-20(27)25-16-8-5-14(6-9-16)17-3-1-2-4-18(17)31(23,29)30/h1-13H,(H,25,27)(H2,23,29,30)(H,24,26,28)/b12-11-. The topological polar surface area (TPSA) is 131 Å². The zero-order chi connectivity index (χ0) is 22.4. The first-order valence-corrected chi connectivity index (χ1v) is 11.2. The maximum atomic E-state index is 12.1. The molecule has 0 fully saturated rings. The van der Waals surface area contributed by atoms with E-state index in [1.54, 1.807) is 54.6 Å². The Balaban J connectivity index is 1.63. The van der Waals surface area contributed by atoms with E-state index in [1.165, 1.54) is 12.3 Å². The second-order valence-electron chi connectivity index (χ2n) is 6.29. The number of pyridine rings is 1. The fourth-order valence-electron chi connectivity index (χ4n) is 2.64. The quantitative estimate of drug-likeness (QED) is 0.446. The molecule has 0 aliphatic carbocycles. The highest BCUT2D eigenvalue weighted by atomic mass is 79.9. The molecule has 3 aromatic rings. The number of primary sulfonamides is 1. The van der Waals surface area contributed by atoms with E-state index in [9.17, 15) is 18.0 Å². The molecule has 0 unspecified atom stereocenters. The highest BCUT2D eigenvalue weighted by molar-refractivity contribution is 9.10. The third-order valence-electron chi connectivity index (χ3n) is 4.02. The molecular formula is C21H17BrN4O4S. The van der Waals surface area contributed by atoms with Crippen molar-refractivity contribution in [3.05, 3.63) is 83.5 Å². The number of hydrogen-bond donors (Lipinski definition) is 3. The molecule has 0 radical (unpaired) electrons. The Morgan fingerprint density at radius 2 is 1.55 bits per heavy atom. The molecule has 2 amide bonds. The molecule has 0 saturated heterocycles. The Bertz CT molecular complexity index is 1240. The number of sulfonamides is 1. The average molecular weight is 501 g/mol. The molecule has 3 rings (SSSR count). The van der Waals surface area contributed by atoms with E-state index in [-0.39, 0.29) is 4.90 Å². The van der Waals surface area contributed by atoms with Gasteiger partial charge in [-0.2, -0.15) is 0 Å². The predicted molar refractivity (Wildman–Crippen MR) is 122 cm³/mol. The molecule has 4 N–H and O–H groups in total. The lowest BCUT2D eigenvalue weighted by atomic mass is 10.1. The van der Waals surface area contributed by atoms with Gasteiger partial charge in [-0.05, 0) is 51.8 Å². The van der Waals surface area contributed by atoms with Crippen LogP contribution in [0.4, 0.5) is 11.5 Å². The normalized spacial score (nSPS) is 11.3. The van der Waals surface area contributed by atoms with Gasteiger partial charge >= 0.3 is 0 Å². The number of nitrogens with one attached hydrogen (secondary N) is 2. The van der Waals surface area contributed by atoms with Crippen molar-refractivity contribution in [2.24, 2.45) is 5.14 Å². The highest BCUT2D eigenvalue weighted by Crippen LogP contribution is 2.27. The minimum Gasteiger partial charge on any atom is -0.323 e. The van der Waals surface area contributed by atoms with Gasteiger partial charge in [-0.25, -0.2) is 18.5 Å². The molecule has 0 spiro atoms. The number of carbonyl (C=O) groups is 2. The lowest BCUT2D eigenvalue weighted by Crippen LogP contribution is -2.13. The summed E-state index contributed by atoms with van der Waals surface area (Å²) in [7, 11) is -3.87. The first-order chi connectivity index (χ1) is 14.7. The van der Waals surface area contributed by atoms with Crippen molar-refractivity contribution in [2.45, 2.75) is 4.90 Å². The molecule has 0 bridgehead atoms. The number of amides is 2. The van der Waals surface area contributed by atoms with Crippen LogP contribution < -0.4 is 15.8 Å². The van der Waals surface area contributed by atoms with E-state index >= 15 is 0 Å². The van der Waals surface area contributed by atoms with Crippen LogP contribution in [0.3, 0.4) is 0 Å². The smallest absolute Gasteiger partial charge is 0.249 e. The number of anilines is 2. The largest absolute Gasteiger partial charge is 0.323 e. The van der Waals surface area contributed by atoms with Crippen LogP contribution in [-0.4, -0.2) is 25.2 Å². The summed E-state index contributed by atoms with van der Waals surface area (Å²) >= 11 is 3.25. The lowest BCUT2D eigenvalue weighted by molar-refractivity contribution is -0.114. The number of nitrogens with zero attached hydrogens (tertiary/aromatic N) is 1. The maximum Gasteiger partial charge on any atom is 0.249 e. The Kier molecular flexibility index (Phi) is 6.95. The zero-order valence-electron chi connectivity index (χ0n) is 15.9. The third kappa shape index (κ3) is 6.32. The van der Waals surface area contributed by atoms with Gasteiger partial charge < -0.3 is 10.6 Å². The van der Waals surface area contributed by atoms with Gasteiger partial charge in [-0.15, -0.1) is 0 Å². The summed E-state index contributed by atoms with van der Waals surface area (Å²) in [5.41, 5.74) is 1.56. The monoisotopic (exact) mass is 500 g/mol. The molecule has 0 aliphatic rings. The van der Waals surface area contributed by atoms with Crippen molar-refractivity contribution in [3.8, 4) is 11.1 Å². The van der Waals surface area contributed by atoms with Crippen molar-refractivity contribution < 1.29 is 18.0 Å². The van der Waals surface area contributed by atoms with E-state index in [0.717, 1.165) is 16.6 Å². The summed E-state index contributed by atoms with van der Waals surface area (Å²) in [6, 6.07) is 16.3. The molecule has 0 saturated carbocycles. The Hall–Kier alpha value is -3.34. The summed E-state index contributed by atoms with van der Waals surface area (Å²) < 4.78 is 24.3. The first kappa shape index (κ1) is 22.3. The molecule has 8 nitrogen and oxygen atoms in total. The van der Waals surface area contributed by atoms with Gasteiger partial charge in [0.25, 0.3) is 0 Å². The molecule has 2 aromatic carbocycles. The number of halogens is 1. The number of nitrogens with two attached hydrogens (primary N) is 1. The van der Waals surface area contributed by atoms with E-state index < -0.39 is 21.8 Å². The molecule has 0 aliphatic heterocycles. The van der Waals surface area contributed by atoms with Crippen LogP contribution in [0, 0.1) is 0 Å². The number of rotatable bonds is 6. The van der Waals surface area contributed by atoms with Crippen molar-refractivity contribution >= 4 is 49.3 Å². The fourth-order valence-corrected chi connectivity index (χ4v) is 3.63. The first-order valence-electron chi connectivity index (χ1n) is 8.86. The van der Waals surface area contributed by atoms with E-state index in [4.69, 9.17) is 5.14 Å². The molecule has 158 valence electrons.